The highest BCUT2D eigenvalue weighted by molar-refractivity contribution is 9.10. The van der Waals surface area contributed by atoms with E-state index in [-0.39, 0.29) is 11.5 Å². The van der Waals surface area contributed by atoms with Crippen molar-refractivity contribution in [3.8, 4) is 17.6 Å². The fourth-order valence-electron chi connectivity index (χ4n) is 2.16. The normalized spacial score (nSPS) is 10.7. The molecule has 0 fully saturated rings. The van der Waals surface area contributed by atoms with E-state index in [0.29, 0.717) is 11.4 Å². The van der Waals surface area contributed by atoms with Crippen LogP contribution in [0.5, 0.6) is 5.75 Å². The molecule has 126 valence electrons. The summed E-state index contributed by atoms with van der Waals surface area (Å²) in [5.41, 5.74) is 1.50. The highest BCUT2D eigenvalue weighted by Gasteiger charge is 2.22. The minimum Gasteiger partial charge on any atom is -0.481 e. The molecule has 2 rings (SSSR count). The molecule has 0 atom stereocenters. The smallest absolute Gasteiger partial charge is 0.264 e. The van der Waals surface area contributed by atoms with Gasteiger partial charge >= 0.3 is 0 Å². The monoisotopic (exact) mass is 407 g/mol. The molecule has 0 aromatic heterocycles. The van der Waals surface area contributed by atoms with Gasteiger partial charge in [0.05, 0.1) is 10.6 Å². The van der Waals surface area contributed by atoms with Gasteiger partial charge in [0.1, 0.15) is 12.4 Å². The zero-order chi connectivity index (χ0) is 17.7. The fraction of sp³-hybridized carbons (Fsp3) is 0.222. The second-order valence-corrected chi connectivity index (χ2v) is 7.98. The Morgan fingerprint density at radius 1 is 1.17 bits per heavy atom. The lowest BCUT2D eigenvalue weighted by molar-refractivity contribution is 0.370. The maximum atomic E-state index is 12.8. The van der Waals surface area contributed by atoms with Gasteiger partial charge in [-0.15, -0.1) is 5.92 Å². The standard InChI is InChI=1S/C18H18BrNO3S/c1-4-5-12-23-16-7-9-17(10-8-16)24(21,22)20(3)18-11-6-15(19)13-14(18)2/h6-11,13H,12H2,1-3H3. The van der Waals surface area contributed by atoms with E-state index in [2.05, 4.69) is 27.8 Å². The molecule has 0 saturated heterocycles. The number of ether oxygens (including phenoxy) is 1. The lowest BCUT2D eigenvalue weighted by Gasteiger charge is -2.21. The topological polar surface area (TPSA) is 46.6 Å². The maximum Gasteiger partial charge on any atom is 0.264 e. The van der Waals surface area contributed by atoms with E-state index in [4.69, 9.17) is 4.74 Å². The zero-order valence-corrected chi connectivity index (χ0v) is 16.1. The van der Waals surface area contributed by atoms with Crippen LogP contribution in [0.25, 0.3) is 0 Å². The van der Waals surface area contributed by atoms with Gasteiger partial charge in [0.2, 0.25) is 0 Å². The second kappa shape index (κ2) is 7.73. The first-order chi connectivity index (χ1) is 11.4. The highest BCUT2D eigenvalue weighted by Crippen LogP contribution is 2.28. The van der Waals surface area contributed by atoms with E-state index in [9.17, 15) is 8.42 Å². The van der Waals surface area contributed by atoms with E-state index >= 15 is 0 Å². The highest BCUT2D eigenvalue weighted by atomic mass is 79.9. The SMILES string of the molecule is CC#CCOc1ccc(S(=O)(=O)N(C)c2ccc(Br)cc2C)cc1. The van der Waals surface area contributed by atoms with Gasteiger partial charge in [-0.1, -0.05) is 21.9 Å². The molecule has 0 N–H and O–H groups in total. The molecule has 24 heavy (non-hydrogen) atoms. The Labute approximate surface area is 151 Å². The Morgan fingerprint density at radius 2 is 1.83 bits per heavy atom. The molecule has 0 bridgehead atoms. The molecule has 0 aliphatic carbocycles. The second-order valence-electron chi connectivity index (χ2n) is 5.09. The summed E-state index contributed by atoms with van der Waals surface area (Å²) in [6.45, 7) is 3.89. The summed E-state index contributed by atoms with van der Waals surface area (Å²) in [6, 6.07) is 11.8. The predicted molar refractivity (Wildman–Crippen MR) is 99.9 cm³/mol. The van der Waals surface area contributed by atoms with Crippen LogP contribution in [0.15, 0.2) is 51.8 Å². The molecule has 0 unspecified atom stereocenters. The Morgan fingerprint density at radius 3 is 2.42 bits per heavy atom. The zero-order valence-electron chi connectivity index (χ0n) is 13.7. The Bertz CT molecular complexity index is 881. The number of nitrogens with zero attached hydrogens (tertiary/aromatic N) is 1. The van der Waals surface area contributed by atoms with Gasteiger partial charge in [-0.25, -0.2) is 8.42 Å². The minimum absolute atomic E-state index is 0.209. The van der Waals surface area contributed by atoms with Crippen LogP contribution in [0.1, 0.15) is 12.5 Å². The van der Waals surface area contributed by atoms with Crippen molar-refractivity contribution in [2.24, 2.45) is 0 Å². The lowest BCUT2D eigenvalue weighted by Crippen LogP contribution is -2.27. The summed E-state index contributed by atoms with van der Waals surface area (Å²) in [5, 5.41) is 0. The van der Waals surface area contributed by atoms with Gasteiger partial charge in [-0.3, -0.25) is 4.31 Å². The predicted octanol–water partition coefficient (Wildman–Crippen LogP) is 3.98. The number of anilines is 1. The van der Waals surface area contributed by atoms with Crippen molar-refractivity contribution < 1.29 is 13.2 Å². The van der Waals surface area contributed by atoms with E-state index < -0.39 is 10.0 Å². The fourth-order valence-corrected chi connectivity index (χ4v) is 3.89. The number of benzene rings is 2. The van der Waals surface area contributed by atoms with Crippen molar-refractivity contribution in [2.45, 2.75) is 18.7 Å². The van der Waals surface area contributed by atoms with E-state index in [1.165, 1.54) is 16.4 Å². The maximum absolute atomic E-state index is 12.8. The molecule has 0 amide bonds. The van der Waals surface area contributed by atoms with Crippen molar-refractivity contribution in [3.63, 3.8) is 0 Å². The molecule has 0 aliphatic heterocycles. The molecular formula is C18H18BrNO3S. The number of aryl methyl sites for hydroxylation is 1. The van der Waals surface area contributed by atoms with Crippen LogP contribution in [0.2, 0.25) is 0 Å². The van der Waals surface area contributed by atoms with Gasteiger partial charge in [0.15, 0.2) is 0 Å². The third kappa shape index (κ3) is 4.11. The van der Waals surface area contributed by atoms with Crippen molar-refractivity contribution in [1.82, 2.24) is 0 Å². The average Bonchev–Trinajstić information content (AvgIpc) is 2.55. The van der Waals surface area contributed by atoms with Gasteiger partial charge in [0, 0.05) is 11.5 Å². The summed E-state index contributed by atoms with van der Waals surface area (Å²) < 4.78 is 33.2. The number of sulfonamides is 1. The Balaban J connectivity index is 2.26. The summed E-state index contributed by atoms with van der Waals surface area (Å²) in [4.78, 5) is 0.209. The van der Waals surface area contributed by atoms with Crippen LogP contribution in [-0.4, -0.2) is 22.1 Å². The molecule has 6 heteroatoms. The van der Waals surface area contributed by atoms with Crippen molar-refractivity contribution >= 4 is 31.6 Å². The molecule has 0 spiro atoms. The Kier molecular flexibility index (Phi) is 5.92. The first kappa shape index (κ1) is 18.4. The number of hydrogen-bond donors (Lipinski definition) is 0. The molecule has 0 heterocycles. The number of rotatable bonds is 5. The van der Waals surface area contributed by atoms with Crippen molar-refractivity contribution in [1.29, 1.82) is 0 Å². The Hall–Kier alpha value is -1.97. The van der Waals surface area contributed by atoms with Crippen LogP contribution in [0.3, 0.4) is 0 Å². The molecule has 0 radical (unpaired) electrons. The summed E-state index contributed by atoms with van der Waals surface area (Å²) in [6.07, 6.45) is 0. The summed E-state index contributed by atoms with van der Waals surface area (Å²) in [7, 11) is -2.09. The van der Waals surface area contributed by atoms with Crippen LogP contribution in [0.4, 0.5) is 5.69 Å². The third-order valence-corrected chi connectivity index (χ3v) is 5.75. The lowest BCUT2D eigenvalue weighted by atomic mass is 10.2. The largest absolute Gasteiger partial charge is 0.481 e. The summed E-state index contributed by atoms with van der Waals surface area (Å²) in [5.74, 6) is 6.11. The van der Waals surface area contributed by atoms with Crippen molar-refractivity contribution in [2.75, 3.05) is 18.0 Å². The van der Waals surface area contributed by atoms with E-state index in [0.717, 1.165) is 10.0 Å². The quantitative estimate of drug-likeness (QED) is 0.703. The molecule has 4 nitrogen and oxygen atoms in total. The van der Waals surface area contributed by atoms with Gasteiger partial charge in [-0.05, 0) is 61.9 Å². The minimum atomic E-state index is -3.63. The number of hydrogen-bond acceptors (Lipinski definition) is 3. The summed E-state index contributed by atoms with van der Waals surface area (Å²) >= 11 is 3.38. The molecular weight excluding hydrogens is 390 g/mol. The van der Waals surface area contributed by atoms with E-state index in [1.807, 2.05) is 19.1 Å². The first-order valence-electron chi connectivity index (χ1n) is 7.24. The van der Waals surface area contributed by atoms with Gasteiger partial charge in [0.25, 0.3) is 10.0 Å². The van der Waals surface area contributed by atoms with Gasteiger partial charge < -0.3 is 4.74 Å². The van der Waals surface area contributed by atoms with Crippen molar-refractivity contribution in [3.05, 3.63) is 52.5 Å². The van der Waals surface area contributed by atoms with Crippen LogP contribution in [0, 0.1) is 18.8 Å². The molecule has 2 aromatic rings. The van der Waals surface area contributed by atoms with Gasteiger partial charge in [-0.2, -0.15) is 0 Å². The molecule has 0 aliphatic rings. The van der Waals surface area contributed by atoms with Crippen LogP contribution in [-0.2, 0) is 10.0 Å². The third-order valence-electron chi connectivity index (χ3n) is 3.47. The average molecular weight is 408 g/mol. The number of halogens is 1. The van der Waals surface area contributed by atoms with E-state index in [1.54, 1.807) is 32.2 Å². The molecule has 0 saturated carbocycles. The van der Waals surface area contributed by atoms with Crippen LogP contribution < -0.4 is 9.04 Å². The van der Waals surface area contributed by atoms with Crippen LogP contribution >= 0.6 is 15.9 Å². The molecule has 2 aromatic carbocycles. The first-order valence-corrected chi connectivity index (χ1v) is 9.47.